The van der Waals surface area contributed by atoms with Crippen molar-refractivity contribution in [2.75, 3.05) is 23.9 Å². The Morgan fingerprint density at radius 3 is 2.88 bits per heavy atom. The van der Waals surface area contributed by atoms with Crippen LogP contribution in [0.5, 0.6) is 0 Å². The van der Waals surface area contributed by atoms with Crippen LogP contribution in [0.3, 0.4) is 0 Å². The summed E-state index contributed by atoms with van der Waals surface area (Å²) in [5.41, 5.74) is 2.18. The molecular formula is C12H19N3S. The Balaban J connectivity index is 2.02. The van der Waals surface area contributed by atoms with Crippen LogP contribution in [0, 0.1) is 0 Å². The summed E-state index contributed by atoms with van der Waals surface area (Å²) in [5, 5.41) is 7.45. The van der Waals surface area contributed by atoms with E-state index in [0.717, 1.165) is 16.6 Å². The molecule has 1 fully saturated rings. The lowest BCUT2D eigenvalue weighted by Crippen LogP contribution is -2.25. The Labute approximate surface area is 101 Å². The van der Waals surface area contributed by atoms with E-state index in [2.05, 4.69) is 27.9 Å². The molecule has 0 amide bonds. The van der Waals surface area contributed by atoms with E-state index in [1.54, 1.807) is 0 Å². The van der Waals surface area contributed by atoms with Crippen LogP contribution in [0.1, 0.15) is 19.3 Å². The number of thioether (sulfide) groups is 1. The Hall–Kier alpha value is -0.900. The number of hydrogen-bond acceptors (Lipinski definition) is 4. The fourth-order valence-corrected chi connectivity index (χ4v) is 3.18. The first-order valence-electron chi connectivity index (χ1n) is 5.75. The first-order chi connectivity index (χ1) is 7.83. The highest BCUT2D eigenvalue weighted by Gasteiger charge is 2.26. The molecule has 2 N–H and O–H groups in total. The first kappa shape index (κ1) is 11.6. The predicted octanol–water partition coefficient (Wildman–Crippen LogP) is 2.82. The zero-order valence-corrected chi connectivity index (χ0v) is 10.7. The van der Waals surface area contributed by atoms with Gasteiger partial charge in [-0.25, -0.2) is 0 Å². The third-order valence-electron chi connectivity index (χ3n) is 3.13. The van der Waals surface area contributed by atoms with Crippen LogP contribution in [0.25, 0.3) is 0 Å². The molecule has 0 aliphatic heterocycles. The summed E-state index contributed by atoms with van der Waals surface area (Å²) in [6, 6.07) is 2.71. The predicted molar refractivity (Wildman–Crippen MR) is 72.3 cm³/mol. The molecule has 2 atom stereocenters. The lowest BCUT2D eigenvalue weighted by molar-refractivity contribution is 0.768. The minimum atomic E-state index is 0.601. The van der Waals surface area contributed by atoms with Crippen molar-refractivity contribution in [1.82, 2.24) is 4.98 Å². The van der Waals surface area contributed by atoms with Gasteiger partial charge in [0, 0.05) is 18.3 Å². The maximum absolute atomic E-state index is 4.22. The van der Waals surface area contributed by atoms with Gasteiger partial charge in [0.25, 0.3) is 0 Å². The zero-order chi connectivity index (χ0) is 11.4. The molecule has 16 heavy (non-hydrogen) atoms. The van der Waals surface area contributed by atoms with Crippen molar-refractivity contribution in [3.8, 4) is 0 Å². The molecule has 0 aromatic carbocycles. The van der Waals surface area contributed by atoms with Crippen LogP contribution in [0.15, 0.2) is 18.5 Å². The number of pyridine rings is 1. The van der Waals surface area contributed by atoms with E-state index in [4.69, 9.17) is 0 Å². The Morgan fingerprint density at radius 2 is 2.12 bits per heavy atom. The van der Waals surface area contributed by atoms with E-state index in [0.29, 0.717) is 6.04 Å². The largest absolute Gasteiger partial charge is 0.387 e. The number of anilines is 2. The lowest BCUT2D eigenvalue weighted by atomic mass is 10.2. The van der Waals surface area contributed by atoms with E-state index < -0.39 is 0 Å². The third kappa shape index (κ3) is 2.61. The minimum Gasteiger partial charge on any atom is -0.387 e. The SMILES string of the molecule is CNc1cncc(NC2CCCC2SC)c1. The van der Waals surface area contributed by atoms with Crippen molar-refractivity contribution in [3.63, 3.8) is 0 Å². The van der Waals surface area contributed by atoms with Crippen molar-refractivity contribution >= 4 is 23.1 Å². The molecule has 2 rings (SSSR count). The van der Waals surface area contributed by atoms with Crippen LogP contribution < -0.4 is 10.6 Å². The highest BCUT2D eigenvalue weighted by molar-refractivity contribution is 7.99. The molecule has 0 radical (unpaired) electrons. The van der Waals surface area contributed by atoms with Gasteiger partial charge in [0.15, 0.2) is 0 Å². The standard InChI is InChI=1S/C12H19N3S/c1-13-9-6-10(8-14-7-9)15-11-4-3-5-12(11)16-2/h6-8,11-13,15H,3-5H2,1-2H3. The van der Waals surface area contributed by atoms with E-state index >= 15 is 0 Å². The second-order valence-electron chi connectivity index (χ2n) is 4.17. The molecule has 0 bridgehead atoms. The molecule has 2 unspecified atom stereocenters. The fourth-order valence-electron chi connectivity index (χ4n) is 2.24. The van der Waals surface area contributed by atoms with Gasteiger partial charge in [-0.3, -0.25) is 4.98 Å². The lowest BCUT2D eigenvalue weighted by Gasteiger charge is -2.20. The number of rotatable bonds is 4. The number of hydrogen-bond donors (Lipinski definition) is 2. The van der Waals surface area contributed by atoms with Crippen LogP contribution in [0.2, 0.25) is 0 Å². The monoisotopic (exact) mass is 237 g/mol. The summed E-state index contributed by atoms with van der Waals surface area (Å²) >= 11 is 1.97. The quantitative estimate of drug-likeness (QED) is 0.844. The summed E-state index contributed by atoms with van der Waals surface area (Å²) in [6.45, 7) is 0. The molecule has 1 heterocycles. The summed E-state index contributed by atoms with van der Waals surface area (Å²) in [4.78, 5) is 4.22. The molecule has 88 valence electrons. The minimum absolute atomic E-state index is 0.601. The topological polar surface area (TPSA) is 37.0 Å². The van der Waals surface area contributed by atoms with Gasteiger partial charge in [0.1, 0.15) is 0 Å². The van der Waals surface area contributed by atoms with Gasteiger partial charge in [-0.1, -0.05) is 6.42 Å². The fraction of sp³-hybridized carbons (Fsp3) is 0.583. The molecule has 1 aliphatic carbocycles. The zero-order valence-electron chi connectivity index (χ0n) is 9.86. The van der Waals surface area contributed by atoms with E-state index in [1.807, 2.05) is 31.2 Å². The summed E-state index contributed by atoms with van der Waals surface area (Å²) in [7, 11) is 1.92. The molecule has 3 nitrogen and oxygen atoms in total. The normalized spacial score (nSPS) is 24.4. The average molecular weight is 237 g/mol. The molecule has 4 heteroatoms. The van der Waals surface area contributed by atoms with Gasteiger partial charge in [-0.2, -0.15) is 11.8 Å². The molecule has 0 saturated heterocycles. The first-order valence-corrected chi connectivity index (χ1v) is 7.04. The maximum Gasteiger partial charge on any atom is 0.0549 e. The smallest absolute Gasteiger partial charge is 0.0549 e. The Kier molecular flexibility index (Phi) is 3.93. The summed E-state index contributed by atoms with van der Waals surface area (Å²) in [6.07, 6.45) is 9.88. The molecular weight excluding hydrogens is 218 g/mol. The van der Waals surface area contributed by atoms with E-state index in [1.165, 1.54) is 19.3 Å². The number of nitrogens with one attached hydrogen (secondary N) is 2. The van der Waals surface area contributed by atoms with E-state index in [-0.39, 0.29) is 0 Å². The molecule has 1 aliphatic rings. The van der Waals surface area contributed by atoms with Crippen molar-refractivity contribution in [2.45, 2.75) is 30.6 Å². The highest BCUT2D eigenvalue weighted by atomic mass is 32.2. The van der Waals surface area contributed by atoms with Crippen molar-refractivity contribution in [1.29, 1.82) is 0 Å². The second kappa shape index (κ2) is 5.43. The summed E-state index contributed by atoms with van der Waals surface area (Å²) < 4.78 is 0. The van der Waals surface area contributed by atoms with Crippen molar-refractivity contribution < 1.29 is 0 Å². The van der Waals surface area contributed by atoms with Crippen LogP contribution in [-0.4, -0.2) is 29.6 Å². The van der Waals surface area contributed by atoms with Crippen molar-refractivity contribution in [2.24, 2.45) is 0 Å². The Morgan fingerprint density at radius 1 is 1.31 bits per heavy atom. The molecule has 1 aromatic heterocycles. The number of aromatic nitrogens is 1. The maximum atomic E-state index is 4.22. The van der Waals surface area contributed by atoms with E-state index in [9.17, 15) is 0 Å². The molecule has 0 spiro atoms. The average Bonchev–Trinajstić information content (AvgIpc) is 2.76. The van der Waals surface area contributed by atoms with Gasteiger partial charge in [0.05, 0.1) is 23.8 Å². The second-order valence-corrected chi connectivity index (χ2v) is 5.25. The summed E-state index contributed by atoms with van der Waals surface area (Å²) in [5.74, 6) is 0. The van der Waals surface area contributed by atoms with Gasteiger partial charge < -0.3 is 10.6 Å². The highest BCUT2D eigenvalue weighted by Crippen LogP contribution is 2.30. The van der Waals surface area contributed by atoms with Crippen molar-refractivity contribution in [3.05, 3.63) is 18.5 Å². The van der Waals surface area contributed by atoms with Gasteiger partial charge >= 0.3 is 0 Å². The van der Waals surface area contributed by atoms with Gasteiger partial charge in [-0.15, -0.1) is 0 Å². The third-order valence-corrected chi connectivity index (χ3v) is 4.30. The molecule has 1 aromatic rings. The molecule has 1 saturated carbocycles. The Bertz CT molecular complexity index is 343. The van der Waals surface area contributed by atoms with Crippen LogP contribution >= 0.6 is 11.8 Å². The van der Waals surface area contributed by atoms with Crippen LogP contribution in [0.4, 0.5) is 11.4 Å². The van der Waals surface area contributed by atoms with Crippen LogP contribution in [-0.2, 0) is 0 Å². The number of nitrogens with zero attached hydrogens (tertiary/aromatic N) is 1. The van der Waals surface area contributed by atoms with Gasteiger partial charge in [0.2, 0.25) is 0 Å². The van der Waals surface area contributed by atoms with Gasteiger partial charge in [-0.05, 0) is 25.2 Å².